The molecule has 1 fully saturated rings. The van der Waals surface area contributed by atoms with Gasteiger partial charge in [0.25, 0.3) is 0 Å². The summed E-state index contributed by atoms with van der Waals surface area (Å²) in [4.78, 5) is 18.7. The molecule has 0 bridgehead atoms. The van der Waals surface area contributed by atoms with Gasteiger partial charge in [-0.15, -0.1) is 11.3 Å². The third-order valence-corrected chi connectivity index (χ3v) is 6.67. The van der Waals surface area contributed by atoms with E-state index in [4.69, 9.17) is 4.99 Å². The van der Waals surface area contributed by atoms with Crippen molar-refractivity contribution in [3.63, 3.8) is 0 Å². The Bertz CT molecular complexity index is 829. The number of benzene rings is 1. The number of aromatic nitrogens is 1. The molecule has 1 heterocycles. The first-order valence-electron chi connectivity index (χ1n) is 11.2. The number of carbonyl (C=O) groups is 1. The third kappa shape index (κ3) is 6.56. The Morgan fingerprint density at radius 2 is 1.86 bits per heavy atom. The van der Waals surface area contributed by atoms with Crippen molar-refractivity contribution in [1.29, 1.82) is 0 Å². The normalized spacial score (nSPS) is 15.6. The highest BCUT2D eigenvalue weighted by Crippen LogP contribution is 2.20. The van der Waals surface area contributed by atoms with Crippen LogP contribution in [0.5, 0.6) is 0 Å². The monoisotopic (exact) mass is 413 g/mol. The van der Waals surface area contributed by atoms with Crippen LogP contribution in [-0.2, 0) is 30.7 Å². The van der Waals surface area contributed by atoms with Gasteiger partial charge in [-0.3, -0.25) is 9.79 Å². The zero-order valence-corrected chi connectivity index (χ0v) is 18.8. The minimum Gasteiger partial charge on any atom is -0.352 e. The molecule has 29 heavy (non-hydrogen) atoms. The van der Waals surface area contributed by atoms with Gasteiger partial charge in [0.2, 0.25) is 5.91 Å². The van der Waals surface area contributed by atoms with Gasteiger partial charge in [-0.2, -0.15) is 0 Å². The average molecular weight is 414 g/mol. The van der Waals surface area contributed by atoms with Gasteiger partial charge in [0.1, 0.15) is 0 Å². The van der Waals surface area contributed by atoms with Crippen molar-refractivity contribution < 1.29 is 4.79 Å². The number of nitrogens with zero attached hydrogens (tertiary/aromatic N) is 2. The molecule has 4 nitrogen and oxygen atoms in total. The van der Waals surface area contributed by atoms with E-state index < -0.39 is 0 Å². The molecule has 158 valence electrons. The van der Waals surface area contributed by atoms with Gasteiger partial charge in [0.05, 0.1) is 12.5 Å². The summed E-state index contributed by atoms with van der Waals surface area (Å²) in [6.07, 6.45) is 10.1. The van der Waals surface area contributed by atoms with Crippen molar-refractivity contribution in [2.45, 2.75) is 90.8 Å². The lowest BCUT2D eigenvalue weighted by molar-refractivity contribution is -0.120. The first-order chi connectivity index (χ1) is 14.2. The molecule has 0 aliphatic heterocycles. The maximum atomic E-state index is 12.6. The molecule has 5 heteroatoms. The average Bonchev–Trinajstić information content (AvgIpc) is 3.12. The maximum Gasteiger partial charge on any atom is 0.226 e. The number of carbonyl (C=O) groups excluding carboxylic acids is 1. The van der Waals surface area contributed by atoms with E-state index in [1.807, 2.05) is 0 Å². The van der Waals surface area contributed by atoms with Gasteiger partial charge in [-0.25, -0.2) is 0 Å². The Balaban J connectivity index is 1.65. The highest BCUT2D eigenvalue weighted by Gasteiger charge is 2.14. The molecule has 0 spiro atoms. The van der Waals surface area contributed by atoms with Crippen LogP contribution in [0.1, 0.15) is 75.6 Å². The molecule has 1 aromatic carbocycles. The summed E-state index contributed by atoms with van der Waals surface area (Å²) in [5, 5.41) is 5.21. The van der Waals surface area contributed by atoms with Crippen LogP contribution in [0.25, 0.3) is 0 Å². The number of hydrogen-bond donors (Lipinski definition) is 1. The summed E-state index contributed by atoms with van der Waals surface area (Å²) in [5.41, 5.74) is 3.56. The molecular formula is C24H35N3OS. The maximum absolute atomic E-state index is 12.6. The fraction of sp³-hybridized carbons (Fsp3) is 0.583. The zero-order valence-electron chi connectivity index (χ0n) is 18.0. The van der Waals surface area contributed by atoms with Gasteiger partial charge in [-0.1, -0.05) is 63.8 Å². The second-order valence-electron chi connectivity index (χ2n) is 8.06. The summed E-state index contributed by atoms with van der Waals surface area (Å²) < 4.78 is 2.29. The molecule has 0 unspecified atom stereocenters. The van der Waals surface area contributed by atoms with Crippen LogP contribution in [0, 0.1) is 0 Å². The van der Waals surface area contributed by atoms with Gasteiger partial charge >= 0.3 is 0 Å². The minimum absolute atomic E-state index is 0.0804. The lowest BCUT2D eigenvalue weighted by atomic mass is 9.96. The van der Waals surface area contributed by atoms with Crippen molar-refractivity contribution in [3.05, 3.63) is 51.3 Å². The van der Waals surface area contributed by atoms with Gasteiger partial charge in [0.15, 0.2) is 4.80 Å². The van der Waals surface area contributed by atoms with Gasteiger partial charge < -0.3 is 9.88 Å². The Labute approximate surface area is 179 Å². The molecule has 1 N–H and O–H groups in total. The molecule has 1 amide bonds. The van der Waals surface area contributed by atoms with Crippen LogP contribution in [0.4, 0.5) is 0 Å². The molecule has 0 atom stereocenters. The van der Waals surface area contributed by atoms with Crippen LogP contribution in [0.15, 0.2) is 34.6 Å². The van der Waals surface area contributed by atoms with E-state index in [1.165, 1.54) is 37.7 Å². The molecule has 1 saturated carbocycles. The van der Waals surface area contributed by atoms with E-state index >= 15 is 0 Å². The molecule has 3 rings (SSSR count). The predicted molar refractivity (Wildman–Crippen MR) is 121 cm³/mol. The standard InChI is InChI=1S/C24H35N3OS/c1-3-5-15-27-22(18-29-24(27)26-21-9-7-6-8-10-21)16-23(28)25-17-20-13-11-19(4-2)12-14-20/h11-14,18,21H,3-10,15-17H2,1-2H3,(H,25,28). The van der Waals surface area contributed by atoms with Crippen molar-refractivity contribution in [3.8, 4) is 0 Å². The van der Waals surface area contributed by atoms with Crippen molar-refractivity contribution in [1.82, 2.24) is 9.88 Å². The third-order valence-electron chi connectivity index (χ3n) is 5.74. The first-order valence-corrected chi connectivity index (χ1v) is 12.1. The minimum atomic E-state index is 0.0804. The van der Waals surface area contributed by atoms with Crippen LogP contribution < -0.4 is 10.1 Å². The number of thiazole rings is 1. The SMILES string of the molecule is CCCCn1c(CC(=O)NCc2ccc(CC)cc2)csc1=NC1CCCCC1. The van der Waals surface area contributed by atoms with Crippen LogP contribution in [-0.4, -0.2) is 16.5 Å². The first kappa shape index (κ1) is 21.8. The second kappa shape index (κ2) is 11.3. The molecular weight excluding hydrogens is 378 g/mol. The lowest BCUT2D eigenvalue weighted by Crippen LogP contribution is -2.28. The summed E-state index contributed by atoms with van der Waals surface area (Å²) in [6, 6.07) is 8.94. The molecule has 0 saturated heterocycles. The largest absolute Gasteiger partial charge is 0.352 e. The highest BCUT2D eigenvalue weighted by atomic mass is 32.1. The Morgan fingerprint density at radius 3 is 2.55 bits per heavy atom. The Morgan fingerprint density at radius 1 is 1.14 bits per heavy atom. The Hall–Kier alpha value is -1.88. The topological polar surface area (TPSA) is 46.4 Å². The quantitative estimate of drug-likeness (QED) is 0.617. The number of aryl methyl sites for hydroxylation is 1. The fourth-order valence-electron chi connectivity index (χ4n) is 3.85. The fourth-order valence-corrected chi connectivity index (χ4v) is 4.85. The number of nitrogens with one attached hydrogen (secondary N) is 1. The van der Waals surface area contributed by atoms with E-state index in [9.17, 15) is 4.79 Å². The number of unbranched alkanes of at least 4 members (excludes halogenated alkanes) is 1. The van der Waals surface area contributed by atoms with Crippen molar-refractivity contribution in [2.75, 3.05) is 0 Å². The second-order valence-corrected chi connectivity index (χ2v) is 8.90. The van der Waals surface area contributed by atoms with Crippen LogP contribution >= 0.6 is 11.3 Å². The lowest BCUT2D eigenvalue weighted by Gasteiger charge is -2.17. The summed E-state index contributed by atoms with van der Waals surface area (Å²) in [7, 11) is 0. The van der Waals surface area contributed by atoms with E-state index in [2.05, 4.69) is 53.4 Å². The summed E-state index contributed by atoms with van der Waals surface area (Å²) >= 11 is 1.70. The van der Waals surface area contributed by atoms with E-state index in [0.717, 1.165) is 41.9 Å². The van der Waals surface area contributed by atoms with E-state index in [-0.39, 0.29) is 5.91 Å². The van der Waals surface area contributed by atoms with Crippen molar-refractivity contribution >= 4 is 17.2 Å². The molecule has 2 aromatic rings. The predicted octanol–water partition coefficient (Wildman–Crippen LogP) is 5.00. The smallest absolute Gasteiger partial charge is 0.226 e. The van der Waals surface area contributed by atoms with Crippen molar-refractivity contribution in [2.24, 2.45) is 4.99 Å². The summed E-state index contributed by atoms with van der Waals surface area (Å²) in [6.45, 7) is 5.90. The number of rotatable bonds is 9. The van der Waals surface area contributed by atoms with Crippen LogP contribution in [0.3, 0.4) is 0 Å². The number of hydrogen-bond acceptors (Lipinski definition) is 3. The molecule has 1 aliphatic carbocycles. The molecule has 0 radical (unpaired) electrons. The Kier molecular flexibility index (Phi) is 8.53. The molecule has 1 aliphatic rings. The molecule has 1 aromatic heterocycles. The van der Waals surface area contributed by atoms with E-state index in [1.54, 1.807) is 11.3 Å². The van der Waals surface area contributed by atoms with Gasteiger partial charge in [-0.05, 0) is 36.8 Å². The number of amides is 1. The summed E-state index contributed by atoms with van der Waals surface area (Å²) in [5.74, 6) is 0.0804. The highest BCUT2D eigenvalue weighted by molar-refractivity contribution is 7.07. The zero-order chi connectivity index (χ0) is 20.5. The van der Waals surface area contributed by atoms with Gasteiger partial charge in [0, 0.05) is 24.2 Å². The van der Waals surface area contributed by atoms with Crippen LogP contribution in [0.2, 0.25) is 0 Å². The van der Waals surface area contributed by atoms with E-state index in [0.29, 0.717) is 19.0 Å².